The largest absolute Gasteiger partial charge is 0.478 e. The maximum Gasteiger partial charge on any atom is 0.335 e. The summed E-state index contributed by atoms with van der Waals surface area (Å²) in [5.41, 5.74) is 1.23. The van der Waals surface area contributed by atoms with Crippen LogP contribution in [0.3, 0.4) is 0 Å². The van der Waals surface area contributed by atoms with Crippen molar-refractivity contribution in [3.05, 3.63) is 59.4 Å². The second-order valence-corrected chi connectivity index (χ2v) is 7.15. The van der Waals surface area contributed by atoms with E-state index < -0.39 is 21.8 Å². The lowest BCUT2D eigenvalue weighted by atomic mass is 10.0. The van der Waals surface area contributed by atoms with Gasteiger partial charge in [0.2, 0.25) is 0 Å². The van der Waals surface area contributed by atoms with E-state index in [4.69, 9.17) is 5.11 Å². The molecule has 0 atom stereocenters. The zero-order chi connectivity index (χ0) is 16.6. The van der Waals surface area contributed by atoms with Gasteiger partial charge in [-0.1, -0.05) is 6.07 Å². The quantitative estimate of drug-likeness (QED) is 0.936. The summed E-state index contributed by atoms with van der Waals surface area (Å²) in [6, 6.07) is 9.22. The number of sulfonamides is 1. The van der Waals surface area contributed by atoms with Gasteiger partial charge in [0.25, 0.3) is 10.0 Å². The van der Waals surface area contributed by atoms with E-state index in [9.17, 15) is 17.6 Å². The Morgan fingerprint density at radius 1 is 1.17 bits per heavy atom. The molecule has 120 valence electrons. The first-order valence-electron chi connectivity index (χ1n) is 7.04. The highest BCUT2D eigenvalue weighted by molar-refractivity contribution is 7.92. The molecule has 7 heteroatoms. The highest BCUT2D eigenvalue weighted by Crippen LogP contribution is 2.32. The second-order valence-electron chi connectivity index (χ2n) is 5.29. The Labute approximate surface area is 133 Å². The first-order chi connectivity index (χ1) is 10.9. The average Bonchev–Trinajstić information content (AvgIpc) is 2.53. The molecule has 1 N–H and O–H groups in total. The molecular weight excluding hydrogens is 321 g/mol. The third-order valence-corrected chi connectivity index (χ3v) is 5.60. The van der Waals surface area contributed by atoms with Gasteiger partial charge in [-0.15, -0.1) is 0 Å². The molecule has 0 aliphatic carbocycles. The van der Waals surface area contributed by atoms with E-state index in [2.05, 4.69) is 0 Å². The third-order valence-electron chi connectivity index (χ3n) is 3.79. The van der Waals surface area contributed by atoms with Crippen LogP contribution in [-0.2, 0) is 16.4 Å². The van der Waals surface area contributed by atoms with E-state index in [0.717, 1.165) is 6.07 Å². The minimum absolute atomic E-state index is 0.118. The summed E-state index contributed by atoms with van der Waals surface area (Å²) in [5.74, 6) is -1.68. The molecule has 0 fully saturated rings. The lowest BCUT2D eigenvalue weighted by Crippen LogP contribution is -2.35. The monoisotopic (exact) mass is 335 g/mol. The maximum absolute atomic E-state index is 13.4. The van der Waals surface area contributed by atoms with Gasteiger partial charge in [0.05, 0.1) is 16.1 Å². The standard InChI is InChI=1S/C16H14FNO4S/c17-13-4-1-5-14(10-13)23(21,22)18-8-2-3-11-9-12(16(19)20)6-7-15(11)18/h1,4-7,9-10H,2-3,8H2,(H,19,20). The first-order valence-corrected chi connectivity index (χ1v) is 8.48. The molecular formula is C16H14FNO4S. The van der Waals surface area contributed by atoms with Crippen molar-refractivity contribution >= 4 is 21.7 Å². The van der Waals surface area contributed by atoms with Gasteiger partial charge in [-0.3, -0.25) is 4.31 Å². The molecule has 2 aromatic carbocycles. The molecule has 0 unspecified atom stereocenters. The number of carboxylic acids is 1. The predicted octanol–water partition coefficient (Wildman–Crippen LogP) is 2.67. The number of aromatic carboxylic acids is 1. The summed E-state index contributed by atoms with van der Waals surface area (Å²) in [5, 5.41) is 9.05. The lowest BCUT2D eigenvalue weighted by Gasteiger charge is -2.30. The number of fused-ring (bicyclic) bond motifs is 1. The van der Waals surface area contributed by atoms with Crippen LogP contribution in [0.25, 0.3) is 0 Å². The molecule has 5 nitrogen and oxygen atoms in total. The van der Waals surface area contributed by atoms with Gasteiger partial charge in [-0.2, -0.15) is 0 Å². The molecule has 0 saturated heterocycles. The lowest BCUT2D eigenvalue weighted by molar-refractivity contribution is 0.0696. The Kier molecular flexibility index (Phi) is 3.81. The summed E-state index contributed by atoms with van der Waals surface area (Å²) < 4.78 is 40.1. The predicted molar refractivity (Wildman–Crippen MR) is 82.7 cm³/mol. The number of anilines is 1. The molecule has 0 radical (unpaired) electrons. The van der Waals surface area contributed by atoms with E-state index in [-0.39, 0.29) is 17.0 Å². The van der Waals surface area contributed by atoms with Crippen molar-refractivity contribution < 1.29 is 22.7 Å². The Balaban J connectivity index is 2.08. The highest BCUT2D eigenvalue weighted by Gasteiger charge is 2.29. The number of aryl methyl sites for hydroxylation is 1. The Morgan fingerprint density at radius 2 is 1.96 bits per heavy atom. The fourth-order valence-corrected chi connectivity index (χ4v) is 4.27. The summed E-state index contributed by atoms with van der Waals surface area (Å²) >= 11 is 0. The molecule has 0 saturated carbocycles. The maximum atomic E-state index is 13.4. The van der Waals surface area contributed by atoms with Crippen molar-refractivity contribution in [3.8, 4) is 0 Å². The van der Waals surface area contributed by atoms with Gasteiger partial charge >= 0.3 is 5.97 Å². The van der Waals surface area contributed by atoms with Crippen molar-refractivity contribution in [1.82, 2.24) is 0 Å². The number of benzene rings is 2. The van der Waals surface area contributed by atoms with Crippen molar-refractivity contribution in [2.75, 3.05) is 10.8 Å². The summed E-state index contributed by atoms with van der Waals surface area (Å²) in [6.45, 7) is 0.276. The SMILES string of the molecule is O=C(O)c1ccc2c(c1)CCCN2S(=O)(=O)c1cccc(F)c1. The molecule has 0 spiro atoms. The van der Waals surface area contributed by atoms with E-state index in [1.165, 1.54) is 40.7 Å². The van der Waals surface area contributed by atoms with Crippen LogP contribution in [0.2, 0.25) is 0 Å². The molecule has 23 heavy (non-hydrogen) atoms. The summed E-state index contributed by atoms with van der Waals surface area (Å²) in [7, 11) is -3.89. The molecule has 0 amide bonds. The van der Waals surface area contributed by atoms with Gasteiger partial charge < -0.3 is 5.11 Å². The molecule has 3 rings (SSSR count). The van der Waals surface area contributed by atoms with Crippen molar-refractivity contribution in [2.24, 2.45) is 0 Å². The number of nitrogens with zero attached hydrogens (tertiary/aromatic N) is 1. The van der Waals surface area contributed by atoms with Gasteiger partial charge in [0, 0.05) is 6.54 Å². The van der Waals surface area contributed by atoms with Crippen LogP contribution in [-0.4, -0.2) is 26.0 Å². The molecule has 1 aliphatic heterocycles. The number of carboxylic acid groups (broad SMARTS) is 1. The molecule has 2 aromatic rings. The topological polar surface area (TPSA) is 74.7 Å². The zero-order valence-electron chi connectivity index (χ0n) is 12.1. The number of rotatable bonds is 3. The van der Waals surface area contributed by atoms with Crippen molar-refractivity contribution in [3.63, 3.8) is 0 Å². The minimum atomic E-state index is -3.89. The van der Waals surface area contributed by atoms with Gasteiger partial charge in [0.1, 0.15) is 5.82 Å². The first kappa shape index (κ1) is 15.5. The molecule has 1 aliphatic rings. The number of hydrogen-bond donors (Lipinski definition) is 1. The number of halogens is 1. The van der Waals surface area contributed by atoms with Gasteiger partial charge in [-0.05, 0) is 54.8 Å². The van der Waals surface area contributed by atoms with Gasteiger partial charge in [-0.25, -0.2) is 17.6 Å². The van der Waals surface area contributed by atoms with Crippen LogP contribution >= 0.6 is 0 Å². The Hall–Kier alpha value is -2.41. The molecule has 0 bridgehead atoms. The summed E-state index contributed by atoms with van der Waals surface area (Å²) in [4.78, 5) is 10.9. The average molecular weight is 335 g/mol. The fraction of sp³-hybridized carbons (Fsp3) is 0.188. The third kappa shape index (κ3) is 2.79. The normalized spacial score (nSPS) is 14.4. The van der Waals surface area contributed by atoms with E-state index in [0.29, 0.717) is 24.1 Å². The minimum Gasteiger partial charge on any atom is -0.478 e. The zero-order valence-corrected chi connectivity index (χ0v) is 12.9. The van der Waals surface area contributed by atoms with Crippen LogP contribution in [0, 0.1) is 5.82 Å². The van der Waals surface area contributed by atoms with Crippen LogP contribution in [0.15, 0.2) is 47.4 Å². The molecule has 1 heterocycles. The van der Waals surface area contributed by atoms with Crippen LogP contribution in [0.5, 0.6) is 0 Å². The Morgan fingerprint density at radius 3 is 2.65 bits per heavy atom. The van der Waals surface area contributed by atoms with E-state index >= 15 is 0 Å². The van der Waals surface area contributed by atoms with Gasteiger partial charge in [0.15, 0.2) is 0 Å². The second kappa shape index (κ2) is 5.66. The molecule has 0 aromatic heterocycles. The smallest absolute Gasteiger partial charge is 0.335 e. The highest BCUT2D eigenvalue weighted by atomic mass is 32.2. The Bertz CT molecular complexity index is 879. The van der Waals surface area contributed by atoms with Crippen LogP contribution < -0.4 is 4.31 Å². The van der Waals surface area contributed by atoms with Crippen LogP contribution in [0.1, 0.15) is 22.3 Å². The van der Waals surface area contributed by atoms with E-state index in [1.807, 2.05) is 0 Å². The van der Waals surface area contributed by atoms with Crippen LogP contribution in [0.4, 0.5) is 10.1 Å². The number of hydrogen-bond acceptors (Lipinski definition) is 3. The van der Waals surface area contributed by atoms with Crippen molar-refractivity contribution in [2.45, 2.75) is 17.7 Å². The summed E-state index contributed by atoms with van der Waals surface area (Å²) in [6.07, 6.45) is 1.18. The fourth-order valence-electron chi connectivity index (χ4n) is 2.70. The number of carbonyl (C=O) groups is 1. The van der Waals surface area contributed by atoms with E-state index in [1.54, 1.807) is 0 Å². The van der Waals surface area contributed by atoms with Crippen molar-refractivity contribution in [1.29, 1.82) is 0 Å².